The maximum Gasteiger partial charge on any atom is 0.256 e. The Bertz CT molecular complexity index is 490. The monoisotopic (exact) mass is 292 g/mol. The SMILES string of the molecule is CCCNc1c(F)cccc1C(=O)N1CCCC(C)CC1. The molecule has 1 N–H and O–H groups in total. The van der Waals surface area contributed by atoms with Crippen LogP contribution in [0.1, 0.15) is 49.9 Å². The van der Waals surface area contributed by atoms with Crippen molar-refractivity contribution in [3.8, 4) is 0 Å². The Balaban J connectivity index is 2.19. The van der Waals surface area contributed by atoms with Crippen LogP contribution >= 0.6 is 0 Å². The molecule has 21 heavy (non-hydrogen) atoms. The van der Waals surface area contributed by atoms with Crippen molar-refractivity contribution < 1.29 is 9.18 Å². The summed E-state index contributed by atoms with van der Waals surface area (Å²) >= 11 is 0. The number of carbonyl (C=O) groups is 1. The van der Waals surface area contributed by atoms with Crippen LogP contribution in [0, 0.1) is 11.7 Å². The molecule has 1 aromatic rings. The van der Waals surface area contributed by atoms with Gasteiger partial charge in [-0.15, -0.1) is 0 Å². The lowest BCUT2D eigenvalue weighted by Gasteiger charge is -2.22. The minimum Gasteiger partial charge on any atom is -0.382 e. The lowest BCUT2D eigenvalue weighted by molar-refractivity contribution is 0.0761. The summed E-state index contributed by atoms with van der Waals surface area (Å²) in [5.41, 5.74) is 0.805. The lowest BCUT2D eigenvalue weighted by Crippen LogP contribution is -2.32. The number of rotatable bonds is 4. The number of benzene rings is 1. The molecule has 1 saturated heterocycles. The first-order valence-corrected chi connectivity index (χ1v) is 7.95. The van der Waals surface area contributed by atoms with E-state index in [-0.39, 0.29) is 11.7 Å². The molecule has 4 heteroatoms. The molecule has 0 aliphatic carbocycles. The molecule has 1 aromatic carbocycles. The molecule has 1 amide bonds. The normalized spacial score (nSPS) is 19.2. The number of para-hydroxylation sites is 1. The molecule has 2 rings (SSSR count). The van der Waals surface area contributed by atoms with Crippen molar-refractivity contribution in [3.05, 3.63) is 29.6 Å². The highest BCUT2D eigenvalue weighted by Gasteiger charge is 2.23. The molecule has 1 atom stereocenters. The van der Waals surface area contributed by atoms with Gasteiger partial charge in [0.2, 0.25) is 0 Å². The highest BCUT2D eigenvalue weighted by molar-refractivity contribution is 5.99. The maximum absolute atomic E-state index is 14.0. The average molecular weight is 292 g/mol. The minimum atomic E-state index is -0.350. The van der Waals surface area contributed by atoms with Crippen molar-refractivity contribution in [1.82, 2.24) is 4.90 Å². The molecular formula is C17H25FN2O. The van der Waals surface area contributed by atoms with Crippen molar-refractivity contribution in [2.75, 3.05) is 25.0 Å². The van der Waals surface area contributed by atoms with Gasteiger partial charge in [-0.25, -0.2) is 4.39 Å². The van der Waals surface area contributed by atoms with Crippen LogP contribution in [0.3, 0.4) is 0 Å². The Hall–Kier alpha value is -1.58. The van der Waals surface area contributed by atoms with E-state index in [0.29, 0.717) is 23.7 Å². The molecule has 1 unspecified atom stereocenters. The first kappa shape index (κ1) is 15.8. The maximum atomic E-state index is 14.0. The third-order valence-electron chi connectivity index (χ3n) is 4.10. The fraction of sp³-hybridized carbons (Fsp3) is 0.588. The zero-order valence-corrected chi connectivity index (χ0v) is 13.0. The Kier molecular flexibility index (Phi) is 5.59. The van der Waals surface area contributed by atoms with Crippen LogP contribution < -0.4 is 5.32 Å². The van der Waals surface area contributed by atoms with E-state index in [1.807, 2.05) is 11.8 Å². The summed E-state index contributed by atoms with van der Waals surface area (Å²) in [7, 11) is 0. The molecule has 116 valence electrons. The third-order valence-corrected chi connectivity index (χ3v) is 4.10. The van der Waals surface area contributed by atoms with Crippen LogP contribution in [0.5, 0.6) is 0 Å². The van der Waals surface area contributed by atoms with Gasteiger partial charge in [0.05, 0.1) is 11.3 Å². The summed E-state index contributed by atoms with van der Waals surface area (Å²) in [5.74, 6) is 0.257. The second-order valence-electron chi connectivity index (χ2n) is 5.92. The smallest absolute Gasteiger partial charge is 0.256 e. The third kappa shape index (κ3) is 3.96. The predicted molar refractivity (Wildman–Crippen MR) is 84.1 cm³/mol. The Morgan fingerprint density at radius 1 is 1.38 bits per heavy atom. The summed E-state index contributed by atoms with van der Waals surface area (Å²) in [5, 5.41) is 3.05. The van der Waals surface area contributed by atoms with Crippen molar-refractivity contribution in [3.63, 3.8) is 0 Å². The van der Waals surface area contributed by atoms with Gasteiger partial charge in [0.1, 0.15) is 5.82 Å². The fourth-order valence-electron chi connectivity index (χ4n) is 2.77. The topological polar surface area (TPSA) is 32.3 Å². The zero-order valence-electron chi connectivity index (χ0n) is 13.0. The van der Waals surface area contributed by atoms with Gasteiger partial charge in [-0.05, 0) is 43.7 Å². The van der Waals surface area contributed by atoms with Crippen LogP contribution in [-0.2, 0) is 0 Å². The number of amides is 1. The van der Waals surface area contributed by atoms with Crippen molar-refractivity contribution in [2.45, 2.75) is 39.5 Å². The molecule has 0 aromatic heterocycles. The predicted octanol–water partition coefficient (Wildman–Crippen LogP) is 3.91. The van der Waals surface area contributed by atoms with Gasteiger partial charge in [0.25, 0.3) is 5.91 Å². The second kappa shape index (κ2) is 7.43. The first-order chi connectivity index (χ1) is 10.1. The number of hydrogen-bond acceptors (Lipinski definition) is 2. The fourth-order valence-corrected chi connectivity index (χ4v) is 2.77. The van der Waals surface area contributed by atoms with Gasteiger partial charge >= 0.3 is 0 Å². The standard InChI is InChI=1S/C17H25FN2O/c1-3-10-19-16-14(7-4-8-15(16)18)17(21)20-11-5-6-13(2)9-12-20/h4,7-8,13,19H,3,5-6,9-12H2,1-2H3. The second-order valence-corrected chi connectivity index (χ2v) is 5.92. The van der Waals surface area contributed by atoms with Crippen molar-refractivity contribution in [1.29, 1.82) is 0 Å². The Morgan fingerprint density at radius 2 is 2.19 bits per heavy atom. The highest BCUT2D eigenvalue weighted by atomic mass is 19.1. The van der Waals surface area contributed by atoms with Gasteiger partial charge in [-0.1, -0.05) is 19.9 Å². The molecule has 1 aliphatic heterocycles. The largest absolute Gasteiger partial charge is 0.382 e. The molecule has 3 nitrogen and oxygen atoms in total. The zero-order chi connectivity index (χ0) is 15.2. The summed E-state index contributed by atoms with van der Waals surface area (Å²) < 4.78 is 14.0. The molecule has 0 saturated carbocycles. The van der Waals surface area contributed by atoms with Gasteiger partial charge in [-0.3, -0.25) is 4.79 Å². The number of nitrogens with zero attached hydrogens (tertiary/aromatic N) is 1. The van der Waals surface area contributed by atoms with E-state index in [1.54, 1.807) is 12.1 Å². The number of carbonyl (C=O) groups excluding carboxylic acids is 1. The summed E-state index contributed by atoms with van der Waals surface area (Å²) in [6.45, 7) is 6.45. The summed E-state index contributed by atoms with van der Waals surface area (Å²) in [4.78, 5) is 14.6. The number of nitrogens with one attached hydrogen (secondary N) is 1. The van der Waals surface area contributed by atoms with E-state index in [4.69, 9.17) is 0 Å². The summed E-state index contributed by atoms with van der Waals surface area (Å²) in [6.07, 6.45) is 4.11. The van der Waals surface area contributed by atoms with E-state index >= 15 is 0 Å². The number of hydrogen-bond donors (Lipinski definition) is 1. The van der Waals surface area contributed by atoms with Gasteiger partial charge < -0.3 is 10.2 Å². The average Bonchev–Trinajstić information content (AvgIpc) is 2.70. The van der Waals surface area contributed by atoms with Crippen LogP contribution in [0.25, 0.3) is 0 Å². The number of halogens is 1. The van der Waals surface area contributed by atoms with Crippen LogP contribution in [0.15, 0.2) is 18.2 Å². The first-order valence-electron chi connectivity index (χ1n) is 7.95. The van der Waals surface area contributed by atoms with Crippen molar-refractivity contribution in [2.24, 2.45) is 5.92 Å². The quantitative estimate of drug-likeness (QED) is 0.912. The lowest BCUT2D eigenvalue weighted by atomic mass is 10.0. The Morgan fingerprint density at radius 3 is 2.95 bits per heavy atom. The van der Waals surface area contributed by atoms with E-state index in [0.717, 1.165) is 38.8 Å². The molecule has 0 spiro atoms. The van der Waals surface area contributed by atoms with Crippen LogP contribution in [0.4, 0.5) is 10.1 Å². The number of anilines is 1. The van der Waals surface area contributed by atoms with Gasteiger partial charge in [0.15, 0.2) is 0 Å². The molecular weight excluding hydrogens is 267 g/mol. The molecule has 0 radical (unpaired) electrons. The highest BCUT2D eigenvalue weighted by Crippen LogP contribution is 2.24. The minimum absolute atomic E-state index is 0.0535. The van der Waals surface area contributed by atoms with Crippen LogP contribution in [-0.4, -0.2) is 30.4 Å². The van der Waals surface area contributed by atoms with Crippen molar-refractivity contribution >= 4 is 11.6 Å². The molecule has 1 aliphatic rings. The number of likely N-dealkylation sites (tertiary alicyclic amines) is 1. The Labute approximate surface area is 126 Å². The van der Waals surface area contributed by atoms with E-state index < -0.39 is 0 Å². The van der Waals surface area contributed by atoms with Crippen LogP contribution in [0.2, 0.25) is 0 Å². The van der Waals surface area contributed by atoms with E-state index in [1.165, 1.54) is 6.07 Å². The van der Waals surface area contributed by atoms with Gasteiger partial charge in [0, 0.05) is 19.6 Å². The molecule has 1 heterocycles. The summed E-state index contributed by atoms with van der Waals surface area (Å²) in [6, 6.07) is 4.73. The molecule has 0 bridgehead atoms. The van der Waals surface area contributed by atoms with Gasteiger partial charge in [-0.2, -0.15) is 0 Å². The van der Waals surface area contributed by atoms with E-state index in [2.05, 4.69) is 12.2 Å². The molecule has 1 fully saturated rings. The van der Waals surface area contributed by atoms with E-state index in [9.17, 15) is 9.18 Å².